The molecule has 0 fully saturated rings. The van der Waals surface area contributed by atoms with E-state index in [2.05, 4.69) is 0 Å². The van der Waals surface area contributed by atoms with Crippen LogP contribution in [0.3, 0.4) is 0 Å². The summed E-state index contributed by atoms with van der Waals surface area (Å²) < 4.78 is 40.0. The zero-order valence-corrected chi connectivity index (χ0v) is 7.80. The number of carbonyl (C=O) groups excluding carboxylic acids is 1. The maximum absolute atomic E-state index is 11.7. The Hall–Kier alpha value is -1.46. The molecule has 0 atom stereocenters. The molecule has 0 saturated carbocycles. The van der Waals surface area contributed by atoms with E-state index in [4.69, 9.17) is 4.42 Å². The Labute approximate surface area is 84.3 Å². The molecule has 1 rings (SSSR count). The van der Waals surface area contributed by atoms with E-state index in [1.54, 1.807) is 17.4 Å². The third-order valence-electron chi connectivity index (χ3n) is 1.66. The second-order valence-electron chi connectivity index (χ2n) is 2.97. The van der Waals surface area contributed by atoms with E-state index in [1.807, 2.05) is 0 Å². The fourth-order valence-electron chi connectivity index (χ4n) is 0.979. The summed E-state index contributed by atoms with van der Waals surface area (Å²) in [5, 5.41) is 1.78. The molecule has 0 aliphatic carbocycles. The molecular weight excluding hydrogens is 211 g/mol. The summed E-state index contributed by atoms with van der Waals surface area (Å²) in [5.41, 5.74) is 0. The van der Waals surface area contributed by atoms with Gasteiger partial charge in [0.25, 0.3) is 0 Å². The standard InChI is InChI=1S/C9H10F3NO2/c10-9(11,12)6-13-8(14)4-3-7-2-1-5-15-7/h1-2,5H,3-4,6H2,(H,13,14). The van der Waals surface area contributed by atoms with Gasteiger partial charge in [0.05, 0.1) is 6.26 Å². The molecule has 0 bridgehead atoms. The molecule has 1 amide bonds. The highest BCUT2D eigenvalue weighted by atomic mass is 19.4. The van der Waals surface area contributed by atoms with Gasteiger partial charge in [-0.1, -0.05) is 0 Å². The first-order valence-corrected chi connectivity index (χ1v) is 4.33. The molecule has 0 spiro atoms. The minimum atomic E-state index is -4.36. The lowest BCUT2D eigenvalue weighted by Crippen LogP contribution is -2.33. The first-order valence-electron chi connectivity index (χ1n) is 4.33. The summed E-state index contributed by atoms with van der Waals surface area (Å²) in [6.07, 6.45) is -2.62. The van der Waals surface area contributed by atoms with Crippen LogP contribution in [0.1, 0.15) is 12.2 Å². The van der Waals surface area contributed by atoms with Crippen molar-refractivity contribution in [2.75, 3.05) is 6.54 Å². The lowest BCUT2D eigenvalue weighted by molar-refractivity contribution is -0.138. The molecule has 0 aliphatic rings. The minimum absolute atomic E-state index is 0.0103. The highest BCUT2D eigenvalue weighted by Gasteiger charge is 2.27. The van der Waals surface area contributed by atoms with Gasteiger partial charge in [0.15, 0.2) is 0 Å². The van der Waals surface area contributed by atoms with Crippen molar-refractivity contribution in [1.82, 2.24) is 5.32 Å². The van der Waals surface area contributed by atoms with E-state index in [0.717, 1.165) is 0 Å². The van der Waals surface area contributed by atoms with Crippen molar-refractivity contribution in [3.05, 3.63) is 24.2 Å². The molecule has 15 heavy (non-hydrogen) atoms. The van der Waals surface area contributed by atoms with Gasteiger partial charge in [0.1, 0.15) is 12.3 Å². The Balaban J connectivity index is 2.20. The molecule has 0 unspecified atom stereocenters. The Morgan fingerprint density at radius 1 is 1.47 bits per heavy atom. The number of carbonyl (C=O) groups is 1. The summed E-state index contributed by atoms with van der Waals surface area (Å²) >= 11 is 0. The highest BCUT2D eigenvalue weighted by molar-refractivity contribution is 5.76. The predicted octanol–water partition coefficient (Wildman–Crippen LogP) is 1.89. The zero-order valence-electron chi connectivity index (χ0n) is 7.80. The van der Waals surface area contributed by atoms with Crippen LogP contribution in [0.4, 0.5) is 13.2 Å². The number of alkyl halides is 3. The summed E-state index contributed by atoms with van der Waals surface area (Å²) in [7, 11) is 0. The molecule has 0 saturated heterocycles. The van der Waals surface area contributed by atoms with E-state index in [1.165, 1.54) is 6.26 Å². The van der Waals surface area contributed by atoms with Crippen LogP contribution in [-0.4, -0.2) is 18.6 Å². The maximum Gasteiger partial charge on any atom is 0.405 e. The Morgan fingerprint density at radius 3 is 2.73 bits per heavy atom. The first-order chi connectivity index (χ1) is 6.97. The van der Waals surface area contributed by atoms with Gasteiger partial charge in [-0.25, -0.2) is 0 Å². The summed E-state index contributed by atoms with van der Waals surface area (Å²) in [4.78, 5) is 10.9. The smallest absolute Gasteiger partial charge is 0.405 e. The first kappa shape index (κ1) is 11.6. The van der Waals surface area contributed by atoms with Gasteiger partial charge in [-0.2, -0.15) is 13.2 Å². The third kappa shape index (κ3) is 5.09. The third-order valence-corrected chi connectivity index (χ3v) is 1.66. The van der Waals surface area contributed by atoms with Crippen LogP contribution in [0, 0.1) is 0 Å². The number of hydrogen-bond donors (Lipinski definition) is 1. The molecule has 0 aliphatic heterocycles. The van der Waals surface area contributed by atoms with Crippen molar-refractivity contribution in [2.24, 2.45) is 0 Å². The van der Waals surface area contributed by atoms with Gasteiger partial charge in [0.2, 0.25) is 5.91 Å². The Bertz CT molecular complexity index is 306. The number of hydrogen-bond acceptors (Lipinski definition) is 2. The van der Waals surface area contributed by atoms with Crippen LogP contribution in [-0.2, 0) is 11.2 Å². The van der Waals surface area contributed by atoms with Crippen molar-refractivity contribution in [3.63, 3.8) is 0 Å². The van der Waals surface area contributed by atoms with Gasteiger partial charge in [-0.05, 0) is 12.1 Å². The van der Waals surface area contributed by atoms with Gasteiger partial charge in [0, 0.05) is 12.8 Å². The fraction of sp³-hybridized carbons (Fsp3) is 0.444. The number of rotatable bonds is 4. The summed E-state index contributed by atoms with van der Waals surface area (Å²) in [6.45, 7) is -1.29. The normalized spacial score (nSPS) is 11.4. The average molecular weight is 221 g/mol. The van der Waals surface area contributed by atoms with Crippen LogP contribution in [0.25, 0.3) is 0 Å². The van der Waals surface area contributed by atoms with E-state index in [0.29, 0.717) is 12.2 Å². The molecule has 84 valence electrons. The van der Waals surface area contributed by atoms with Crippen molar-refractivity contribution in [3.8, 4) is 0 Å². The van der Waals surface area contributed by atoms with Crippen LogP contribution in [0.2, 0.25) is 0 Å². The highest BCUT2D eigenvalue weighted by Crippen LogP contribution is 2.12. The van der Waals surface area contributed by atoms with Gasteiger partial charge >= 0.3 is 6.18 Å². The van der Waals surface area contributed by atoms with E-state index < -0.39 is 18.6 Å². The Morgan fingerprint density at radius 2 is 2.20 bits per heavy atom. The molecular formula is C9H10F3NO2. The molecule has 0 radical (unpaired) electrons. The fourth-order valence-corrected chi connectivity index (χ4v) is 0.979. The van der Waals surface area contributed by atoms with Gasteiger partial charge in [-0.15, -0.1) is 0 Å². The largest absolute Gasteiger partial charge is 0.469 e. The Kier molecular flexibility index (Phi) is 3.76. The number of halogens is 3. The van der Waals surface area contributed by atoms with Gasteiger partial charge in [-0.3, -0.25) is 4.79 Å². The second-order valence-corrected chi connectivity index (χ2v) is 2.97. The topological polar surface area (TPSA) is 42.2 Å². The molecule has 1 heterocycles. The van der Waals surface area contributed by atoms with Gasteiger partial charge < -0.3 is 9.73 Å². The monoisotopic (exact) mass is 221 g/mol. The minimum Gasteiger partial charge on any atom is -0.469 e. The van der Waals surface area contributed by atoms with Crippen molar-refractivity contribution in [2.45, 2.75) is 19.0 Å². The SMILES string of the molecule is O=C(CCc1ccco1)NCC(F)(F)F. The van der Waals surface area contributed by atoms with Crippen LogP contribution in [0.15, 0.2) is 22.8 Å². The summed E-state index contributed by atoms with van der Waals surface area (Å²) in [5.74, 6) is -0.0547. The van der Waals surface area contributed by atoms with Crippen LogP contribution < -0.4 is 5.32 Å². The van der Waals surface area contributed by atoms with Crippen molar-refractivity contribution < 1.29 is 22.4 Å². The predicted molar refractivity (Wildman–Crippen MR) is 46.1 cm³/mol. The van der Waals surface area contributed by atoms with Crippen molar-refractivity contribution >= 4 is 5.91 Å². The molecule has 1 aromatic heterocycles. The lowest BCUT2D eigenvalue weighted by atomic mass is 10.2. The molecule has 1 N–H and O–H groups in total. The molecule has 6 heteroatoms. The van der Waals surface area contributed by atoms with E-state index in [-0.39, 0.29) is 6.42 Å². The maximum atomic E-state index is 11.7. The quantitative estimate of drug-likeness (QED) is 0.843. The lowest BCUT2D eigenvalue weighted by Gasteiger charge is -2.07. The number of aryl methyl sites for hydroxylation is 1. The van der Waals surface area contributed by atoms with E-state index in [9.17, 15) is 18.0 Å². The molecule has 3 nitrogen and oxygen atoms in total. The van der Waals surface area contributed by atoms with E-state index >= 15 is 0 Å². The zero-order chi connectivity index (χ0) is 11.3. The second kappa shape index (κ2) is 4.86. The number of amides is 1. The van der Waals surface area contributed by atoms with Crippen LogP contribution >= 0.6 is 0 Å². The summed E-state index contributed by atoms with van der Waals surface area (Å²) in [6, 6.07) is 3.32. The number of nitrogens with one attached hydrogen (secondary N) is 1. The van der Waals surface area contributed by atoms with Crippen molar-refractivity contribution in [1.29, 1.82) is 0 Å². The molecule has 1 aromatic rings. The molecule has 0 aromatic carbocycles. The number of furan rings is 1. The van der Waals surface area contributed by atoms with Crippen LogP contribution in [0.5, 0.6) is 0 Å². The average Bonchev–Trinajstić information content (AvgIpc) is 2.62.